The summed E-state index contributed by atoms with van der Waals surface area (Å²) in [5.74, 6) is 6.05. The lowest BCUT2D eigenvalue weighted by atomic mass is 9.93. The fourth-order valence-corrected chi connectivity index (χ4v) is 4.52. The van der Waals surface area contributed by atoms with E-state index in [9.17, 15) is 0 Å². The molecule has 3 aromatic rings. The van der Waals surface area contributed by atoms with Crippen molar-refractivity contribution < 1.29 is 9.05 Å². The van der Waals surface area contributed by atoms with Gasteiger partial charge in [0.2, 0.25) is 0 Å². The zero-order valence-electron chi connectivity index (χ0n) is 13.9. The highest BCUT2D eigenvalue weighted by atomic mass is 31.1. The second kappa shape index (κ2) is 6.72. The second-order valence-corrected chi connectivity index (χ2v) is 7.70. The summed E-state index contributed by atoms with van der Waals surface area (Å²) in [5.41, 5.74) is 7.01. The Hall–Kier alpha value is -2.40. The van der Waals surface area contributed by atoms with Crippen molar-refractivity contribution in [2.75, 3.05) is 0 Å². The molecule has 2 nitrogen and oxygen atoms in total. The predicted molar refractivity (Wildman–Crippen MR) is 113 cm³/mol. The average Bonchev–Trinajstić information content (AvgIpc) is 2.73. The molecular weight excluding hydrogens is 358 g/mol. The lowest BCUT2D eigenvalue weighted by Gasteiger charge is -2.17. The zero-order valence-corrected chi connectivity index (χ0v) is 15.9. The van der Waals surface area contributed by atoms with Crippen LogP contribution in [0.2, 0.25) is 0 Å². The largest absolute Gasteiger partial charge is 0.472 e. The van der Waals surface area contributed by atoms with Gasteiger partial charge in [-0.1, -0.05) is 48.5 Å². The maximum atomic E-state index is 5.82. The van der Waals surface area contributed by atoms with E-state index in [0.717, 1.165) is 22.6 Å². The van der Waals surface area contributed by atoms with Crippen LogP contribution < -0.4 is 9.05 Å². The van der Waals surface area contributed by atoms with E-state index in [1.54, 1.807) is 0 Å². The maximum Gasteiger partial charge on any atom is 0.131 e. The van der Waals surface area contributed by atoms with Gasteiger partial charge in [-0.15, -0.1) is 0 Å². The molecule has 26 heavy (non-hydrogen) atoms. The van der Waals surface area contributed by atoms with Crippen molar-refractivity contribution in [1.82, 2.24) is 0 Å². The number of rotatable bonds is 2. The van der Waals surface area contributed by atoms with E-state index >= 15 is 0 Å². The Morgan fingerprint density at radius 2 is 1.08 bits per heavy atom. The molecular formula is C22H16O2P2. The molecule has 0 N–H and O–H groups in total. The van der Waals surface area contributed by atoms with E-state index < -0.39 is 0 Å². The van der Waals surface area contributed by atoms with E-state index in [1.165, 1.54) is 22.3 Å². The van der Waals surface area contributed by atoms with Gasteiger partial charge >= 0.3 is 0 Å². The van der Waals surface area contributed by atoms with E-state index in [-0.39, 0.29) is 0 Å². The molecule has 0 amide bonds. The summed E-state index contributed by atoms with van der Waals surface area (Å²) in [6.45, 7) is 0. The van der Waals surface area contributed by atoms with Crippen molar-refractivity contribution in [3.8, 4) is 33.8 Å². The first-order valence-corrected chi connectivity index (χ1v) is 10.4. The molecule has 0 spiro atoms. The van der Waals surface area contributed by atoms with Gasteiger partial charge in [-0.25, -0.2) is 0 Å². The van der Waals surface area contributed by atoms with Gasteiger partial charge in [-0.05, 0) is 58.2 Å². The lowest BCUT2D eigenvalue weighted by Crippen LogP contribution is -1.91. The van der Waals surface area contributed by atoms with Crippen LogP contribution in [0.1, 0.15) is 11.1 Å². The molecule has 2 heterocycles. The van der Waals surface area contributed by atoms with Gasteiger partial charge in [0.05, 0.1) is 17.6 Å². The SMILES string of the molecule is C1=Cc2ccc(-c3ccccc3-c3ccc4c(c3)OPC=C4)cc2OP1. The third-order valence-corrected chi connectivity index (χ3v) is 5.86. The molecule has 0 saturated carbocycles. The molecule has 2 unspecified atom stereocenters. The summed E-state index contributed by atoms with van der Waals surface area (Å²) in [6, 6.07) is 21.4. The molecule has 0 bridgehead atoms. The van der Waals surface area contributed by atoms with Crippen LogP contribution in [-0.2, 0) is 0 Å². The third-order valence-electron chi connectivity index (χ3n) is 4.58. The molecule has 5 rings (SSSR count). The monoisotopic (exact) mass is 374 g/mol. The van der Waals surface area contributed by atoms with Crippen LogP contribution in [0.3, 0.4) is 0 Å². The van der Waals surface area contributed by atoms with E-state index in [4.69, 9.17) is 9.05 Å². The minimum atomic E-state index is 0.393. The Morgan fingerprint density at radius 3 is 1.58 bits per heavy atom. The van der Waals surface area contributed by atoms with E-state index in [0.29, 0.717) is 17.6 Å². The number of hydrogen-bond acceptors (Lipinski definition) is 2. The Labute approximate surface area is 156 Å². The van der Waals surface area contributed by atoms with Gasteiger partial charge in [-0.2, -0.15) is 0 Å². The molecule has 2 aliphatic rings. The number of benzene rings is 3. The first-order chi connectivity index (χ1) is 12.9. The van der Waals surface area contributed by atoms with Crippen molar-refractivity contribution in [3.05, 3.63) is 83.4 Å². The van der Waals surface area contributed by atoms with Gasteiger partial charge in [0.1, 0.15) is 11.5 Å². The third kappa shape index (κ3) is 2.86. The first-order valence-electron chi connectivity index (χ1n) is 8.44. The summed E-state index contributed by atoms with van der Waals surface area (Å²) < 4.78 is 11.6. The molecule has 4 heteroatoms. The minimum Gasteiger partial charge on any atom is -0.472 e. The highest BCUT2D eigenvalue weighted by Crippen LogP contribution is 2.41. The number of hydrogen-bond donors (Lipinski definition) is 0. The van der Waals surface area contributed by atoms with Crippen molar-refractivity contribution in [2.24, 2.45) is 0 Å². The highest BCUT2D eigenvalue weighted by molar-refractivity contribution is 7.37. The van der Waals surface area contributed by atoms with E-state index in [1.807, 2.05) is 0 Å². The Balaban J connectivity index is 1.62. The van der Waals surface area contributed by atoms with Crippen LogP contribution in [0.4, 0.5) is 0 Å². The molecule has 0 aromatic heterocycles. The number of fused-ring (bicyclic) bond motifs is 2. The van der Waals surface area contributed by atoms with Crippen LogP contribution in [0, 0.1) is 0 Å². The minimum absolute atomic E-state index is 0.393. The van der Waals surface area contributed by atoms with Gasteiger partial charge < -0.3 is 9.05 Å². The predicted octanol–water partition coefficient (Wildman–Crippen LogP) is 6.93. The topological polar surface area (TPSA) is 18.5 Å². The van der Waals surface area contributed by atoms with Crippen LogP contribution in [-0.4, -0.2) is 0 Å². The second-order valence-electron chi connectivity index (χ2n) is 6.16. The van der Waals surface area contributed by atoms with Crippen molar-refractivity contribution in [2.45, 2.75) is 0 Å². The normalized spacial score (nSPS) is 16.0. The van der Waals surface area contributed by atoms with Gasteiger partial charge in [0.25, 0.3) is 0 Å². The van der Waals surface area contributed by atoms with Crippen LogP contribution in [0.5, 0.6) is 11.5 Å². The zero-order chi connectivity index (χ0) is 17.3. The summed E-state index contributed by atoms with van der Waals surface area (Å²) in [7, 11) is 0.786. The lowest BCUT2D eigenvalue weighted by molar-refractivity contribution is 0.633. The first kappa shape index (κ1) is 15.8. The smallest absolute Gasteiger partial charge is 0.131 e. The van der Waals surface area contributed by atoms with Crippen molar-refractivity contribution >= 4 is 29.8 Å². The fourth-order valence-electron chi connectivity index (χ4n) is 3.29. The highest BCUT2D eigenvalue weighted by Gasteiger charge is 2.13. The van der Waals surface area contributed by atoms with Gasteiger partial charge in [-0.3, -0.25) is 0 Å². The molecule has 0 radical (unpaired) electrons. The van der Waals surface area contributed by atoms with Gasteiger partial charge in [0, 0.05) is 11.1 Å². The van der Waals surface area contributed by atoms with Crippen molar-refractivity contribution in [3.63, 3.8) is 0 Å². The molecule has 2 atom stereocenters. The Morgan fingerprint density at radius 1 is 0.577 bits per heavy atom. The van der Waals surface area contributed by atoms with Crippen molar-refractivity contribution in [1.29, 1.82) is 0 Å². The Bertz CT molecular complexity index is 969. The molecule has 0 aliphatic carbocycles. The quantitative estimate of drug-likeness (QED) is 0.453. The fraction of sp³-hybridized carbons (Fsp3) is 0. The summed E-state index contributed by atoms with van der Waals surface area (Å²) in [5, 5.41) is 0. The van der Waals surface area contributed by atoms with E-state index in [2.05, 4.69) is 84.4 Å². The average molecular weight is 374 g/mol. The molecule has 0 fully saturated rings. The van der Waals surface area contributed by atoms with Crippen LogP contribution >= 0.6 is 17.6 Å². The molecule has 0 saturated heterocycles. The summed E-state index contributed by atoms with van der Waals surface area (Å²) in [6.07, 6.45) is 4.25. The van der Waals surface area contributed by atoms with Gasteiger partial charge in [0.15, 0.2) is 0 Å². The summed E-state index contributed by atoms with van der Waals surface area (Å²) >= 11 is 0. The standard InChI is InChI=1S/C22H16O2P2/c1-2-4-20(18-8-6-16-10-12-26-24-22(16)14-18)19(3-1)17-7-5-15-9-11-25-23-21(15)13-17/h1-14,25-26H. The van der Waals surface area contributed by atoms with Crippen LogP contribution in [0.15, 0.2) is 72.3 Å². The Kier molecular flexibility index (Phi) is 4.09. The summed E-state index contributed by atoms with van der Waals surface area (Å²) in [4.78, 5) is 0. The maximum absolute atomic E-state index is 5.82. The molecule has 126 valence electrons. The molecule has 3 aromatic carbocycles. The molecule has 2 aliphatic heterocycles. The van der Waals surface area contributed by atoms with Crippen LogP contribution in [0.25, 0.3) is 34.4 Å².